The molecule has 3 atom stereocenters. The maximum Gasteiger partial charge on any atom is 0.407 e. The molecule has 4 rings (SSSR count). The summed E-state index contributed by atoms with van der Waals surface area (Å²) in [5.41, 5.74) is 1.81. The van der Waals surface area contributed by atoms with E-state index in [1.54, 1.807) is 12.3 Å². The molecule has 0 aromatic carbocycles. The van der Waals surface area contributed by atoms with Crippen LogP contribution in [0, 0.1) is 0 Å². The summed E-state index contributed by atoms with van der Waals surface area (Å²) in [6, 6.07) is 3.81. The standard InChI is InChI=1S/C18H24N6O3/c1-11-3-2-6-26-17-8-13(10-19-24-17)21-16-9-15(22-23-16)12-4-5-14(7-12)27-18(25)20-11/h8-12,14H,2-7H2,1H3,(H,20,25)(H2,21,22,23)/t11-,12-,14+/m0/s1. The van der Waals surface area contributed by atoms with E-state index in [1.165, 1.54) is 0 Å². The highest BCUT2D eigenvalue weighted by molar-refractivity contribution is 5.67. The van der Waals surface area contributed by atoms with Crippen LogP contribution in [0.4, 0.5) is 16.3 Å². The van der Waals surface area contributed by atoms with Crippen molar-refractivity contribution in [2.24, 2.45) is 0 Å². The van der Waals surface area contributed by atoms with E-state index in [0.717, 1.165) is 43.5 Å². The SMILES string of the molecule is C[C@H]1CCCOc2cc(cnn2)Nc2cc([nH]n2)[C@H]2CC[C@H](C2)OC(=O)N1. The summed E-state index contributed by atoms with van der Waals surface area (Å²) in [6.45, 7) is 2.46. The van der Waals surface area contributed by atoms with Crippen LogP contribution in [0.2, 0.25) is 0 Å². The van der Waals surface area contributed by atoms with E-state index in [2.05, 4.69) is 31.0 Å². The first-order chi connectivity index (χ1) is 13.2. The molecule has 144 valence electrons. The number of carbonyl (C=O) groups excluding carboxylic acids is 1. The second-order valence-corrected chi connectivity index (χ2v) is 7.19. The van der Waals surface area contributed by atoms with Gasteiger partial charge >= 0.3 is 6.09 Å². The Labute approximate surface area is 157 Å². The van der Waals surface area contributed by atoms with Gasteiger partial charge in [0.2, 0.25) is 5.88 Å². The number of rotatable bonds is 0. The van der Waals surface area contributed by atoms with Crippen molar-refractivity contribution >= 4 is 17.6 Å². The number of nitrogens with zero attached hydrogens (tertiary/aromatic N) is 3. The first kappa shape index (κ1) is 17.6. The first-order valence-corrected chi connectivity index (χ1v) is 9.41. The van der Waals surface area contributed by atoms with Crippen LogP contribution in [0.1, 0.15) is 50.6 Å². The first-order valence-electron chi connectivity index (χ1n) is 9.41. The quantitative estimate of drug-likeness (QED) is 0.651. The molecule has 1 saturated carbocycles. The number of alkyl carbamates (subject to hydrolysis) is 1. The van der Waals surface area contributed by atoms with E-state index < -0.39 is 0 Å². The predicted octanol–water partition coefficient (Wildman–Crippen LogP) is 2.87. The molecule has 6 bridgehead atoms. The number of fused-ring (bicyclic) bond motifs is 7. The molecule has 9 nitrogen and oxygen atoms in total. The van der Waals surface area contributed by atoms with Crippen molar-refractivity contribution in [1.29, 1.82) is 0 Å². The van der Waals surface area contributed by atoms with Gasteiger partial charge in [0.15, 0.2) is 5.82 Å². The molecule has 2 aliphatic rings. The van der Waals surface area contributed by atoms with E-state index >= 15 is 0 Å². The van der Waals surface area contributed by atoms with Gasteiger partial charge in [-0.2, -0.15) is 10.2 Å². The van der Waals surface area contributed by atoms with Gasteiger partial charge in [-0.1, -0.05) is 0 Å². The summed E-state index contributed by atoms with van der Waals surface area (Å²) < 4.78 is 11.3. The molecule has 2 aromatic rings. The molecule has 0 unspecified atom stereocenters. The van der Waals surface area contributed by atoms with Gasteiger partial charge in [-0.15, -0.1) is 5.10 Å². The van der Waals surface area contributed by atoms with Crippen molar-refractivity contribution in [2.45, 2.75) is 57.1 Å². The lowest BCUT2D eigenvalue weighted by molar-refractivity contribution is 0.0969. The van der Waals surface area contributed by atoms with Gasteiger partial charge in [0.05, 0.1) is 18.5 Å². The number of amides is 1. The minimum absolute atomic E-state index is 0.0198. The predicted molar refractivity (Wildman–Crippen MR) is 98.1 cm³/mol. The molecular formula is C18H24N6O3. The summed E-state index contributed by atoms with van der Waals surface area (Å²) in [6.07, 6.45) is 5.44. The van der Waals surface area contributed by atoms with E-state index in [4.69, 9.17) is 9.47 Å². The van der Waals surface area contributed by atoms with Crippen LogP contribution >= 0.6 is 0 Å². The second-order valence-electron chi connectivity index (χ2n) is 7.19. The Morgan fingerprint density at radius 1 is 1.22 bits per heavy atom. The number of hydrogen-bond donors (Lipinski definition) is 3. The number of aromatic amines is 1. The monoisotopic (exact) mass is 372 g/mol. The van der Waals surface area contributed by atoms with Gasteiger partial charge in [-0.25, -0.2) is 4.79 Å². The third-order valence-corrected chi connectivity index (χ3v) is 5.00. The fraction of sp³-hybridized carbons (Fsp3) is 0.556. The molecule has 9 heteroatoms. The van der Waals surface area contributed by atoms with Crippen molar-refractivity contribution in [1.82, 2.24) is 25.7 Å². The van der Waals surface area contributed by atoms with Crippen molar-refractivity contribution < 1.29 is 14.3 Å². The van der Waals surface area contributed by atoms with Gasteiger partial charge < -0.3 is 20.1 Å². The lowest BCUT2D eigenvalue weighted by atomic mass is 10.0. The zero-order chi connectivity index (χ0) is 18.6. The van der Waals surface area contributed by atoms with Crippen molar-refractivity contribution in [2.75, 3.05) is 11.9 Å². The molecule has 1 aliphatic heterocycles. The molecule has 1 fully saturated rings. The molecular weight excluding hydrogens is 348 g/mol. The maximum atomic E-state index is 12.1. The Morgan fingerprint density at radius 3 is 3.07 bits per heavy atom. The second kappa shape index (κ2) is 7.81. The molecule has 3 N–H and O–H groups in total. The number of nitrogens with one attached hydrogen (secondary N) is 3. The van der Waals surface area contributed by atoms with E-state index in [1.807, 2.05) is 13.0 Å². The number of aromatic nitrogens is 4. The lowest BCUT2D eigenvalue weighted by Crippen LogP contribution is -2.35. The maximum absolute atomic E-state index is 12.1. The zero-order valence-corrected chi connectivity index (χ0v) is 15.3. The molecule has 3 heterocycles. The number of carbonyl (C=O) groups is 1. The summed E-state index contributed by atoms with van der Waals surface area (Å²) in [5.74, 6) is 1.47. The Morgan fingerprint density at radius 2 is 2.15 bits per heavy atom. The Hall–Kier alpha value is -2.84. The third-order valence-electron chi connectivity index (χ3n) is 5.00. The number of H-pyrrole nitrogens is 1. The topological polar surface area (TPSA) is 114 Å². The van der Waals surface area contributed by atoms with Gasteiger partial charge in [-0.3, -0.25) is 5.10 Å². The zero-order valence-electron chi connectivity index (χ0n) is 15.3. The van der Waals surface area contributed by atoms with Gasteiger partial charge in [0.25, 0.3) is 0 Å². The molecule has 27 heavy (non-hydrogen) atoms. The van der Waals surface area contributed by atoms with Crippen LogP contribution in [-0.4, -0.2) is 45.2 Å². The van der Waals surface area contributed by atoms with Crippen LogP contribution in [0.25, 0.3) is 0 Å². The highest BCUT2D eigenvalue weighted by Crippen LogP contribution is 2.36. The Kier molecular flexibility index (Phi) is 5.08. The highest BCUT2D eigenvalue weighted by Gasteiger charge is 2.30. The van der Waals surface area contributed by atoms with Gasteiger partial charge in [-0.05, 0) is 39.0 Å². The molecule has 0 spiro atoms. The van der Waals surface area contributed by atoms with Crippen LogP contribution in [0.5, 0.6) is 5.88 Å². The van der Waals surface area contributed by atoms with E-state index in [9.17, 15) is 4.79 Å². The summed E-state index contributed by atoms with van der Waals surface area (Å²) in [5, 5.41) is 21.5. The average Bonchev–Trinajstić information content (AvgIpc) is 3.28. The minimum atomic E-state index is -0.347. The highest BCUT2D eigenvalue weighted by atomic mass is 16.6. The number of anilines is 2. The fourth-order valence-corrected chi connectivity index (χ4v) is 3.60. The molecule has 0 saturated heterocycles. The van der Waals surface area contributed by atoms with Crippen molar-refractivity contribution in [3.8, 4) is 5.88 Å². The van der Waals surface area contributed by atoms with E-state index in [0.29, 0.717) is 24.2 Å². The molecule has 1 amide bonds. The summed E-state index contributed by atoms with van der Waals surface area (Å²) in [4.78, 5) is 12.1. The van der Waals surface area contributed by atoms with Crippen LogP contribution in [0.3, 0.4) is 0 Å². The molecule has 1 aliphatic carbocycles. The Balaban J connectivity index is 1.52. The molecule has 0 radical (unpaired) electrons. The lowest BCUT2D eigenvalue weighted by Gasteiger charge is -2.17. The summed E-state index contributed by atoms with van der Waals surface area (Å²) >= 11 is 0. The van der Waals surface area contributed by atoms with Crippen LogP contribution in [-0.2, 0) is 4.74 Å². The van der Waals surface area contributed by atoms with Crippen LogP contribution < -0.4 is 15.4 Å². The number of ether oxygens (including phenoxy) is 2. The van der Waals surface area contributed by atoms with Crippen LogP contribution in [0.15, 0.2) is 18.3 Å². The normalized spacial score (nSPS) is 26.0. The van der Waals surface area contributed by atoms with E-state index in [-0.39, 0.29) is 18.2 Å². The summed E-state index contributed by atoms with van der Waals surface area (Å²) in [7, 11) is 0. The third kappa shape index (κ3) is 4.47. The fourth-order valence-electron chi connectivity index (χ4n) is 3.60. The number of hydrogen-bond acceptors (Lipinski definition) is 7. The molecule has 2 aromatic heterocycles. The van der Waals surface area contributed by atoms with Gasteiger partial charge in [0, 0.05) is 29.8 Å². The average molecular weight is 372 g/mol. The largest absolute Gasteiger partial charge is 0.477 e. The smallest absolute Gasteiger partial charge is 0.407 e. The minimum Gasteiger partial charge on any atom is -0.477 e. The van der Waals surface area contributed by atoms with Crippen molar-refractivity contribution in [3.63, 3.8) is 0 Å². The Bertz CT molecular complexity index is 795. The van der Waals surface area contributed by atoms with Gasteiger partial charge in [0.1, 0.15) is 6.10 Å². The van der Waals surface area contributed by atoms with Crippen molar-refractivity contribution in [3.05, 3.63) is 24.0 Å².